The molecule has 3 aromatic carbocycles. The maximum Gasteiger partial charge on any atom is 0.269 e. The molecule has 3 rings (SSSR count). The summed E-state index contributed by atoms with van der Waals surface area (Å²) in [5, 5.41) is 33.1. The Balaban J connectivity index is 2.01. The van der Waals surface area contributed by atoms with E-state index in [0.717, 1.165) is 0 Å². The van der Waals surface area contributed by atoms with E-state index < -0.39 is 21.1 Å². The van der Waals surface area contributed by atoms with Crippen molar-refractivity contribution in [1.29, 1.82) is 0 Å². The standard InChI is InChI=1S/C22H22N6O6/c1-23(16-4-10-19(11-5-16)26(29)30)22(24(2)17-6-12-20(13-7-17)27(31)32)25(3)18-8-14-21(15-9-18)28(33)34/h4-15,22H,1-3H3. The van der Waals surface area contributed by atoms with Crippen molar-refractivity contribution >= 4 is 34.1 Å². The lowest BCUT2D eigenvalue weighted by molar-refractivity contribution is -0.385. The quantitative estimate of drug-likeness (QED) is 0.255. The first-order valence-electron chi connectivity index (χ1n) is 10.0. The summed E-state index contributed by atoms with van der Waals surface area (Å²) >= 11 is 0. The highest BCUT2D eigenvalue weighted by molar-refractivity contribution is 5.61. The van der Waals surface area contributed by atoms with E-state index in [-0.39, 0.29) is 17.1 Å². The zero-order valence-corrected chi connectivity index (χ0v) is 18.6. The molecule has 0 heterocycles. The summed E-state index contributed by atoms with van der Waals surface area (Å²) in [7, 11) is 5.40. The maximum atomic E-state index is 11.0. The fourth-order valence-corrected chi connectivity index (χ4v) is 3.61. The maximum absolute atomic E-state index is 11.0. The number of rotatable bonds is 9. The fourth-order valence-electron chi connectivity index (χ4n) is 3.61. The van der Waals surface area contributed by atoms with Gasteiger partial charge in [0.15, 0.2) is 6.29 Å². The first kappa shape index (κ1) is 23.9. The monoisotopic (exact) mass is 466 g/mol. The molecule has 34 heavy (non-hydrogen) atoms. The molecule has 12 heteroatoms. The van der Waals surface area contributed by atoms with Crippen LogP contribution in [0.1, 0.15) is 0 Å². The van der Waals surface area contributed by atoms with Gasteiger partial charge in [0.1, 0.15) is 0 Å². The Bertz CT molecular complexity index is 1030. The molecule has 0 aliphatic carbocycles. The highest BCUT2D eigenvalue weighted by atomic mass is 16.6. The third-order valence-corrected chi connectivity index (χ3v) is 5.44. The molecule has 0 aromatic heterocycles. The molecule has 0 fully saturated rings. The Hall–Kier alpha value is -4.74. The zero-order valence-electron chi connectivity index (χ0n) is 18.6. The molecule has 0 bridgehead atoms. The predicted molar refractivity (Wildman–Crippen MR) is 128 cm³/mol. The van der Waals surface area contributed by atoms with Crippen molar-refractivity contribution in [2.75, 3.05) is 35.8 Å². The van der Waals surface area contributed by atoms with Gasteiger partial charge in [0, 0.05) is 74.6 Å². The number of nitro groups is 3. The van der Waals surface area contributed by atoms with E-state index in [1.807, 2.05) is 14.7 Å². The van der Waals surface area contributed by atoms with Crippen molar-refractivity contribution in [1.82, 2.24) is 0 Å². The molecule has 0 aliphatic rings. The Morgan fingerprint density at radius 3 is 0.882 bits per heavy atom. The van der Waals surface area contributed by atoms with Gasteiger partial charge in [-0.3, -0.25) is 30.3 Å². The van der Waals surface area contributed by atoms with E-state index in [2.05, 4.69) is 0 Å². The smallest absolute Gasteiger partial charge is 0.269 e. The molecule has 0 amide bonds. The van der Waals surface area contributed by atoms with Gasteiger partial charge >= 0.3 is 0 Å². The largest absolute Gasteiger partial charge is 0.337 e. The van der Waals surface area contributed by atoms with Crippen molar-refractivity contribution in [2.45, 2.75) is 6.29 Å². The summed E-state index contributed by atoms with van der Waals surface area (Å²) in [5.41, 5.74) is 1.91. The highest BCUT2D eigenvalue weighted by Crippen LogP contribution is 2.29. The minimum atomic E-state index is -0.510. The topological polar surface area (TPSA) is 139 Å². The van der Waals surface area contributed by atoms with Gasteiger partial charge in [0.05, 0.1) is 14.8 Å². The van der Waals surface area contributed by atoms with Crippen LogP contribution in [0.15, 0.2) is 72.8 Å². The number of nitrogens with zero attached hydrogens (tertiary/aromatic N) is 6. The van der Waals surface area contributed by atoms with Crippen molar-refractivity contribution in [2.24, 2.45) is 0 Å². The molecule has 176 valence electrons. The van der Waals surface area contributed by atoms with Crippen LogP contribution in [0, 0.1) is 30.3 Å². The molecule has 0 radical (unpaired) electrons. The number of hydrogen-bond donors (Lipinski definition) is 0. The number of benzene rings is 3. The van der Waals surface area contributed by atoms with Gasteiger partial charge in [0.25, 0.3) is 17.1 Å². The third-order valence-electron chi connectivity index (χ3n) is 5.44. The first-order chi connectivity index (χ1) is 16.1. The van der Waals surface area contributed by atoms with Gasteiger partial charge in [-0.2, -0.15) is 0 Å². The number of anilines is 3. The Morgan fingerprint density at radius 1 is 0.500 bits per heavy atom. The molecule has 0 spiro atoms. The van der Waals surface area contributed by atoms with Crippen LogP contribution in [-0.2, 0) is 0 Å². The van der Waals surface area contributed by atoms with Crippen LogP contribution in [0.5, 0.6) is 0 Å². The molecule has 0 atom stereocenters. The summed E-state index contributed by atoms with van der Waals surface area (Å²) in [6.07, 6.45) is -0.510. The molecule has 0 saturated heterocycles. The summed E-state index contributed by atoms with van der Waals surface area (Å²) in [5.74, 6) is 0. The Morgan fingerprint density at radius 2 is 0.706 bits per heavy atom. The third kappa shape index (κ3) is 5.01. The first-order valence-corrected chi connectivity index (χ1v) is 10.0. The lowest BCUT2D eigenvalue weighted by Gasteiger charge is -2.44. The van der Waals surface area contributed by atoms with Crippen LogP contribution in [-0.4, -0.2) is 42.2 Å². The van der Waals surface area contributed by atoms with Crippen molar-refractivity contribution in [3.05, 3.63) is 103 Å². The van der Waals surface area contributed by atoms with Crippen LogP contribution in [0.25, 0.3) is 0 Å². The molecule has 0 aliphatic heterocycles. The van der Waals surface area contributed by atoms with Gasteiger partial charge in [0.2, 0.25) is 0 Å². The van der Waals surface area contributed by atoms with Gasteiger partial charge in [-0.15, -0.1) is 0 Å². The second-order valence-electron chi connectivity index (χ2n) is 7.50. The van der Waals surface area contributed by atoms with Gasteiger partial charge in [-0.1, -0.05) is 0 Å². The van der Waals surface area contributed by atoms with E-state index in [9.17, 15) is 30.3 Å². The molecular formula is C22H22N6O6. The zero-order chi connectivity index (χ0) is 25.0. The fraction of sp³-hybridized carbons (Fsp3) is 0.182. The van der Waals surface area contributed by atoms with Crippen LogP contribution < -0.4 is 14.7 Å². The molecule has 3 aromatic rings. The van der Waals surface area contributed by atoms with E-state index in [0.29, 0.717) is 17.1 Å². The van der Waals surface area contributed by atoms with Crippen LogP contribution in [0.4, 0.5) is 34.1 Å². The van der Waals surface area contributed by atoms with Gasteiger partial charge < -0.3 is 14.7 Å². The van der Waals surface area contributed by atoms with Crippen molar-refractivity contribution in [3.8, 4) is 0 Å². The van der Waals surface area contributed by atoms with E-state index in [4.69, 9.17) is 0 Å². The minimum absolute atomic E-state index is 0.0406. The van der Waals surface area contributed by atoms with E-state index in [1.54, 1.807) is 57.5 Å². The molecule has 0 unspecified atom stereocenters. The number of nitro benzene ring substituents is 3. The average Bonchev–Trinajstić information content (AvgIpc) is 2.84. The lowest BCUT2D eigenvalue weighted by Crippen LogP contribution is -2.55. The van der Waals surface area contributed by atoms with E-state index in [1.165, 1.54) is 36.4 Å². The summed E-state index contributed by atoms with van der Waals surface area (Å²) in [4.78, 5) is 37.3. The highest BCUT2D eigenvalue weighted by Gasteiger charge is 2.27. The summed E-state index contributed by atoms with van der Waals surface area (Å²) in [6.45, 7) is 0. The summed E-state index contributed by atoms with van der Waals surface area (Å²) in [6, 6.07) is 18.2. The average molecular weight is 466 g/mol. The normalized spacial score (nSPS) is 10.6. The summed E-state index contributed by atoms with van der Waals surface area (Å²) < 4.78 is 0. The molecule has 12 nitrogen and oxygen atoms in total. The van der Waals surface area contributed by atoms with Gasteiger partial charge in [-0.05, 0) is 36.4 Å². The number of non-ortho nitro benzene ring substituents is 3. The molecular weight excluding hydrogens is 444 g/mol. The molecule has 0 N–H and O–H groups in total. The van der Waals surface area contributed by atoms with Crippen LogP contribution in [0.3, 0.4) is 0 Å². The second-order valence-corrected chi connectivity index (χ2v) is 7.50. The van der Waals surface area contributed by atoms with Gasteiger partial charge in [-0.25, -0.2) is 0 Å². The van der Waals surface area contributed by atoms with Crippen molar-refractivity contribution < 1.29 is 14.8 Å². The second kappa shape index (κ2) is 9.81. The van der Waals surface area contributed by atoms with Crippen molar-refractivity contribution in [3.63, 3.8) is 0 Å². The SMILES string of the molecule is CN(c1ccc([N+](=O)[O-])cc1)C(N(C)c1ccc([N+](=O)[O-])cc1)N(C)c1ccc([N+](=O)[O-])cc1. The molecule has 0 saturated carbocycles. The lowest BCUT2D eigenvalue weighted by atomic mass is 10.2. The van der Waals surface area contributed by atoms with E-state index >= 15 is 0 Å². The number of hydrogen-bond acceptors (Lipinski definition) is 9. The predicted octanol–water partition coefficient (Wildman–Crippen LogP) is 4.40. The van der Waals surface area contributed by atoms with Crippen LogP contribution in [0.2, 0.25) is 0 Å². The Labute approximate surface area is 194 Å². The van der Waals surface area contributed by atoms with Crippen LogP contribution >= 0.6 is 0 Å². The Kier molecular flexibility index (Phi) is 6.90. The minimum Gasteiger partial charge on any atom is -0.337 e.